The zero-order valence-corrected chi connectivity index (χ0v) is 25.3. The first-order valence-corrected chi connectivity index (χ1v) is 15.4. The molecule has 6 aromatic rings. The summed E-state index contributed by atoms with van der Waals surface area (Å²) < 4.78 is 7.19. The Kier molecular flexibility index (Phi) is 6.00. The number of benzene rings is 6. The molecular formula is C43H34O. The van der Waals surface area contributed by atoms with E-state index in [2.05, 4.69) is 166 Å². The number of rotatable bonds is 4. The predicted molar refractivity (Wildman–Crippen MR) is 183 cm³/mol. The molecule has 2 aliphatic rings. The Morgan fingerprint density at radius 2 is 1.02 bits per heavy atom. The summed E-state index contributed by atoms with van der Waals surface area (Å²) in [5, 5.41) is 0. The highest BCUT2D eigenvalue weighted by molar-refractivity contribution is 5.89. The lowest BCUT2D eigenvalue weighted by Gasteiger charge is -2.40. The van der Waals surface area contributed by atoms with Gasteiger partial charge >= 0.3 is 0 Å². The van der Waals surface area contributed by atoms with Crippen molar-refractivity contribution in [1.29, 1.82) is 0 Å². The minimum Gasteiger partial charge on any atom is -0.455 e. The minimum absolute atomic E-state index is 0.101. The summed E-state index contributed by atoms with van der Waals surface area (Å²) in [5.41, 5.74) is 13.0. The van der Waals surface area contributed by atoms with Crippen LogP contribution in [0.15, 0.2) is 140 Å². The van der Waals surface area contributed by atoms with Crippen LogP contribution in [0.1, 0.15) is 59.7 Å². The van der Waals surface area contributed by atoms with Crippen molar-refractivity contribution in [2.45, 2.75) is 31.6 Å². The maximum absolute atomic E-state index is 7.19. The summed E-state index contributed by atoms with van der Waals surface area (Å²) in [6.45, 7) is 7.02. The largest absolute Gasteiger partial charge is 0.455 e. The molecule has 8 rings (SSSR count). The van der Waals surface area contributed by atoms with Gasteiger partial charge in [0.05, 0.1) is 0 Å². The molecule has 0 saturated carbocycles. The zero-order valence-electron chi connectivity index (χ0n) is 25.3. The van der Waals surface area contributed by atoms with Crippen LogP contribution in [0.5, 0.6) is 11.5 Å². The predicted octanol–water partition coefficient (Wildman–Crippen LogP) is 11.3. The first-order valence-electron chi connectivity index (χ1n) is 15.4. The van der Waals surface area contributed by atoms with Crippen molar-refractivity contribution in [3.63, 3.8) is 0 Å². The topological polar surface area (TPSA) is 9.23 Å². The van der Waals surface area contributed by atoms with Gasteiger partial charge in [-0.1, -0.05) is 166 Å². The molecule has 0 aromatic heterocycles. The van der Waals surface area contributed by atoms with Gasteiger partial charge < -0.3 is 4.74 Å². The lowest BCUT2D eigenvalue weighted by Crippen LogP contribution is -2.30. The standard InChI is InChI=1S/C43H34O/c1-42(2)35-19-11-10-17-34(35)39-36(42)27-28-38-41(39)44-40-33(18-12-20-37(40)43(38,3)32-15-8-5-9-16-32)31-25-23-30(24-26-31)22-21-29-13-6-4-7-14-29/h4-28H,1-3H3. The average Bonchev–Trinajstić information content (AvgIpc) is 3.31. The molecule has 0 fully saturated rings. The smallest absolute Gasteiger partial charge is 0.140 e. The third-order valence-electron chi connectivity index (χ3n) is 9.84. The quantitative estimate of drug-likeness (QED) is 0.193. The van der Waals surface area contributed by atoms with E-state index in [0.717, 1.165) is 22.6 Å². The van der Waals surface area contributed by atoms with Crippen molar-refractivity contribution in [3.05, 3.63) is 178 Å². The van der Waals surface area contributed by atoms with Gasteiger partial charge in [-0.3, -0.25) is 0 Å². The fourth-order valence-corrected chi connectivity index (χ4v) is 7.39. The second-order valence-corrected chi connectivity index (χ2v) is 12.7. The molecular weight excluding hydrogens is 532 g/mol. The average molecular weight is 567 g/mol. The number of para-hydroxylation sites is 1. The van der Waals surface area contributed by atoms with Crippen LogP contribution in [0.3, 0.4) is 0 Å². The van der Waals surface area contributed by atoms with Crippen molar-refractivity contribution in [1.82, 2.24) is 0 Å². The molecule has 0 radical (unpaired) electrons. The summed E-state index contributed by atoms with van der Waals surface area (Å²) in [6.07, 6.45) is 4.33. The third kappa shape index (κ3) is 3.93. The van der Waals surface area contributed by atoms with Crippen molar-refractivity contribution in [3.8, 4) is 33.8 Å². The van der Waals surface area contributed by atoms with E-state index in [-0.39, 0.29) is 5.41 Å². The van der Waals surface area contributed by atoms with Crippen LogP contribution in [0.2, 0.25) is 0 Å². The van der Waals surface area contributed by atoms with E-state index in [4.69, 9.17) is 4.74 Å². The Balaban J connectivity index is 1.31. The van der Waals surface area contributed by atoms with Gasteiger partial charge in [0.2, 0.25) is 0 Å². The van der Waals surface area contributed by atoms with Crippen LogP contribution >= 0.6 is 0 Å². The van der Waals surface area contributed by atoms with E-state index in [9.17, 15) is 0 Å². The van der Waals surface area contributed by atoms with Gasteiger partial charge in [0.25, 0.3) is 0 Å². The second-order valence-electron chi connectivity index (χ2n) is 12.7. The zero-order chi connectivity index (χ0) is 29.9. The highest BCUT2D eigenvalue weighted by Crippen LogP contribution is 2.61. The Hall–Kier alpha value is -5.14. The molecule has 0 amide bonds. The number of ether oxygens (including phenoxy) is 1. The lowest BCUT2D eigenvalue weighted by molar-refractivity contribution is 0.429. The van der Waals surface area contributed by atoms with Gasteiger partial charge in [0, 0.05) is 33.1 Å². The van der Waals surface area contributed by atoms with E-state index < -0.39 is 5.41 Å². The summed E-state index contributed by atoms with van der Waals surface area (Å²) in [6, 6.07) is 50.3. The second kappa shape index (κ2) is 9.96. The number of hydrogen-bond acceptors (Lipinski definition) is 1. The van der Waals surface area contributed by atoms with Crippen molar-refractivity contribution in [2.24, 2.45) is 0 Å². The van der Waals surface area contributed by atoms with E-state index in [1.54, 1.807) is 0 Å². The number of fused-ring (bicyclic) bond motifs is 6. The highest BCUT2D eigenvalue weighted by Gasteiger charge is 2.45. The molecule has 1 aliphatic heterocycles. The molecule has 0 N–H and O–H groups in total. The molecule has 6 aromatic carbocycles. The molecule has 212 valence electrons. The lowest BCUT2D eigenvalue weighted by atomic mass is 9.67. The molecule has 1 aliphatic carbocycles. The first-order chi connectivity index (χ1) is 21.5. The molecule has 44 heavy (non-hydrogen) atoms. The van der Waals surface area contributed by atoms with Gasteiger partial charge in [0.1, 0.15) is 11.5 Å². The van der Waals surface area contributed by atoms with Crippen LogP contribution in [-0.4, -0.2) is 0 Å². The van der Waals surface area contributed by atoms with Crippen molar-refractivity contribution < 1.29 is 4.74 Å². The maximum Gasteiger partial charge on any atom is 0.140 e. The molecule has 0 saturated heterocycles. The summed E-state index contributed by atoms with van der Waals surface area (Å²) in [5.74, 6) is 1.92. The Labute approximate surface area is 260 Å². The first kappa shape index (κ1) is 26.5. The van der Waals surface area contributed by atoms with Crippen molar-refractivity contribution >= 4 is 12.2 Å². The molecule has 1 heteroatoms. The molecule has 1 atom stereocenters. The molecule has 1 unspecified atom stereocenters. The summed E-state index contributed by atoms with van der Waals surface area (Å²) in [4.78, 5) is 0. The van der Waals surface area contributed by atoms with Crippen LogP contribution in [0.25, 0.3) is 34.4 Å². The fraction of sp³-hybridized carbons (Fsp3) is 0.116. The third-order valence-corrected chi connectivity index (χ3v) is 9.84. The summed E-state index contributed by atoms with van der Waals surface area (Å²) in [7, 11) is 0. The SMILES string of the molecule is CC1(C)c2ccccc2-c2c1ccc1c2Oc2c(-c3ccc(C=Cc4ccccc4)cc3)cccc2C1(C)c1ccccc1. The molecule has 0 spiro atoms. The van der Waals surface area contributed by atoms with Gasteiger partial charge in [-0.2, -0.15) is 0 Å². The van der Waals surface area contributed by atoms with Gasteiger partial charge in [-0.05, 0) is 45.9 Å². The molecule has 1 nitrogen and oxygen atoms in total. The van der Waals surface area contributed by atoms with E-state index in [1.807, 2.05) is 6.07 Å². The van der Waals surface area contributed by atoms with Crippen LogP contribution in [0, 0.1) is 0 Å². The van der Waals surface area contributed by atoms with Crippen molar-refractivity contribution in [2.75, 3.05) is 0 Å². The Morgan fingerprint density at radius 1 is 0.455 bits per heavy atom. The van der Waals surface area contributed by atoms with E-state index in [0.29, 0.717) is 0 Å². The monoisotopic (exact) mass is 566 g/mol. The Bertz CT molecular complexity index is 2050. The number of hydrogen-bond donors (Lipinski definition) is 0. The van der Waals surface area contributed by atoms with Crippen LogP contribution in [-0.2, 0) is 10.8 Å². The van der Waals surface area contributed by atoms with Crippen LogP contribution in [0.4, 0.5) is 0 Å². The van der Waals surface area contributed by atoms with Gasteiger partial charge in [-0.25, -0.2) is 0 Å². The Morgan fingerprint density at radius 3 is 1.77 bits per heavy atom. The fourth-order valence-electron chi connectivity index (χ4n) is 7.39. The normalized spacial score (nSPS) is 17.3. The van der Waals surface area contributed by atoms with Crippen LogP contribution < -0.4 is 4.74 Å². The molecule has 0 bridgehead atoms. The molecule has 1 heterocycles. The highest BCUT2D eigenvalue weighted by atomic mass is 16.5. The van der Waals surface area contributed by atoms with E-state index >= 15 is 0 Å². The van der Waals surface area contributed by atoms with Gasteiger partial charge in [0.15, 0.2) is 0 Å². The maximum atomic E-state index is 7.19. The van der Waals surface area contributed by atoms with Gasteiger partial charge in [-0.15, -0.1) is 0 Å². The minimum atomic E-state index is -0.394. The summed E-state index contributed by atoms with van der Waals surface area (Å²) >= 11 is 0. The van der Waals surface area contributed by atoms with E-state index in [1.165, 1.54) is 50.1 Å².